The van der Waals surface area contributed by atoms with Gasteiger partial charge in [-0.05, 0) is 48.2 Å². The lowest BCUT2D eigenvalue weighted by Crippen LogP contribution is -2.43. The number of nitrogens with zero attached hydrogens (tertiary/aromatic N) is 1. The van der Waals surface area contributed by atoms with Gasteiger partial charge in [-0.1, -0.05) is 72.8 Å². The van der Waals surface area contributed by atoms with E-state index in [0.717, 1.165) is 43.8 Å². The van der Waals surface area contributed by atoms with Crippen LogP contribution in [0.25, 0.3) is 0 Å². The maximum absolute atomic E-state index is 10.7. The Morgan fingerprint density at radius 1 is 0.828 bits per heavy atom. The Bertz CT molecular complexity index is 864. The summed E-state index contributed by atoms with van der Waals surface area (Å²) in [6.45, 7) is 3.34. The number of hydrogen-bond donors (Lipinski definition) is 1. The van der Waals surface area contributed by atoms with Gasteiger partial charge < -0.3 is 14.7 Å². The molecule has 1 heterocycles. The van der Waals surface area contributed by atoms with Gasteiger partial charge in [-0.15, -0.1) is 0 Å². The van der Waals surface area contributed by atoms with Crippen molar-refractivity contribution < 1.29 is 9.84 Å². The molecular formula is C26H29NO2. The van der Waals surface area contributed by atoms with E-state index in [9.17, 15) is 5.11 Å². The predicted octanol–water partition coefficient (Wildman–Crippen LogP) is 4.66. The average Bonchev–Trinajstić information content (AvgIpc) is 2.78. The normalized spacial score (nSPS) is 19.8. The predicted molar refractivity (Wildman–Crippen MR) is 117 cm³/mol. The molecule has 1 N–H and O–H groups in total. The smallest absolute Gasteiger partial charge is 0.119 e. The van der Waals surface area contributed by atoms with Crippen LogP contribution >= 0.6 is 0 Å². The first-order valence-electron chi connectivity index (χ1n) is 10.5. The maximum Gasteiger partial charge on any atom is 0.119 e. The Hall–Kier alpha value is -2.62. The van der Waals surface area contributed by atoms with E-state index in [1.807, 2.05) is 30.3 Å². The first-order chi connectivity index (χ1) is 14.3. The molecule has 1 aliphatic rings. The van der Waals surface area contributed by atoms with Crippen molar-refractivity contribution >= 4 is 0 Å². The van der Waals surface area contributed by atoms with E-state index in [4.69, 9.17) is 4.74 Å². The van der Waals surface area contributed by atoms with Crippen molar-refractivity contribution in [3.8, 4) is 5.75 Å². The standard InChI is InChI=1S/C26H29NO2/c28-26-19-27(17-15-21-7-3-1-4-8-21)18-16-25(26)23-11-13-24(14-12-23)29-20-22-9-5-2-6-10-22/h1-14,25-26,28H,15-20H2/t25?,26-/m1/s1. The van der Waals surface area contributed by atoms with Crippen molar-refractivity contribution in [2.45, 2.75) is 31.5 Å². The van der Waals surface area contributed by atoms with Crippen molar-refractivity contribution in [1.82, 2.24) is 4.90 Å². The van der Waals surface area contributed by atoms with Gasteiger partial charge in [0.1, 0.15) is 12.4 Å². The Balaban J connectivity index is 1.28. The van der Waals surface area contributed by atoms with Gasteiger partial charge in [-0.25, -0.2) is 0 Å². The van der Waals surface area contributed by atoms with Crippen LogP contribution in [-0.4, -0.2) is 35.7 Å². The van der Waals surface area contributed by atoms with Crippen molar-refractivity contribution in [2.75, 3.05) is 19.6 Å². The van der Waals surface area contributed by atoms with Crippen LogP contribution in [-0.2, 0) is 13.0 Å². The summed E-state index contributed by atoms with van der Waals surface area (Å²) in [5.74, 6) is 1.07. The highest BCUT2D eigenvalue weighted by molar-refractivity contribution is 5.31. The van der Waals surface area contributed by atoms with E-state index >= 15 is 0 Å². The van der Waals surface area contributed by atoms with E-state index in [0.29, 0.717) is 6.61 Å². The second kappa shape index (κ2) is 9.73. The molecule has 0 aliphatic carbocycles. The molecule has 0 aromatic heterocycles. The van der Waals surface area contributed by atoms with Crippen LogP contribution in [0.15, 0.2) is 84.9 Å². The van der Waals surface area contributed by atoms with Gasteiger partial charge in [-0.2, -0.15) is 0 Å². The van der Waals surface area contributed by atoms with Gasteiger partial charge in [-0.3, -0.25) is 0 Å². The highest BCUT2D eigenvalue weighted by atomic mass is 16.5. The molecule has 0 spiro atoms. The first-order valence-corrected chi connectivity index (χ1v) is 10.5. The molecule has 3 heteroatoms. The summed E-state index contributed by atoms with van der Waals surface area (Å²) in [6.07, 6.45) is 1.70. The zero-order chi connectivity index (χ0) is 19.9. The molecule has 1 saturated heterocycles. The molecule has 0 saturated carbocycles. The SMILES string of the molecule is O[C@@H]1CN(CCc2ccccc2)CCC1c1ccc(OCc2ccccc2)cc1. The summed E-state index contributed by atoms with van der Waals surface area (Å²) in [7, 11) is 0. The summed E-state index contributed by atoms with van der Waals surface area (Å²) in [6, 6.07) is 29.0. The Labute approximate surface area is 173 Å². The summed E-state index contributed by atoms with van der Waals surface area (Å²) in [4.78, 5) is 2.38. The van der Waals surface area contributed by atoms with Gasteiger partial charge >= 0.3 is 0 Å². The topological polar surface area (TPSA) is 32.7 Å². The molecule has 0 amide bonds. The first kappa shape index (κ1) is 19.7. The molecule has 3 nitrogen and oxygen atoms in total. The second-order valence-corrected chi connectivity index (χ2v) is 7.84. The van der Waals surface area contributed by atoms with E-state index in [1.165, 1.54) is 11.1 Å². The quantitative estimate of drug-likeness (QED) is 0.640. The summed E-state index contributed by atoms with van der Waals surface area (Å²) >= 11 is 0. The Morgan fingerprint density at radius 3 is 2.14 bits per heavy atom. The summed E-state index contributed by atoms with van der Waals surface area (Å²) in [5, 5.41) is 10.7. The van der Waals surface area contributed by atoms with Crippen LogP contribution in [0.5, 0.6) is 5.75 Å². The molecule has 0 radical (unpaired) electrons. The van der Waals surface area contributed by atoms with E-state index in [2.05, 4.69) is 59.5 Å². The van der Waals surface area contributed by atoms with E-state index in [1.54, 1.807) is 0 Å². The lowest BCUT2D eigenvalue weighted by atomic mass is 9.87. The minimum Gasteiger partial charge on any atom is -0.489 e. The van der Waals surface area contributed by atoms with Gasteiger partial charge in [0.15, 0.2) is 0 Å². The number of hydrogen-bond acceptors (Lipinski definition) is 3. The fourth-order valence-electron chi connectivity index (χ4n) is 4.07. The third-order valence-electron chi connectivity index (χ3n) is 5.78. The molecule has 0 bridgehead atoms. The van der Waals surface area contributed by atoms with Crippen LogP contribution in [0.3, 0.4) is 0 Å². The largest absolute Gasteiger partial charge is 0.489 e. The molecule has 1 unspecified atom stereocenters. The molecule has 1 aliphatic heterocycles. The number of aliphatic hydroxyl groups is 1. The number of ether oxygens (including phenoxy) is 1. The molecule has 4 rings (SSSR count). The van der Waals surface area contributed by atoms with Crippen LogP contribution in [0.4, 0.5) is 0 Å². The molecule has 29 heavy (non-hydrogen) atoms. The van der Waals surface area contributed by atoms with Crippen molar-refractivity contribution in [3.63, 3.8) is 0 Å². The number of aliphatic hydroxyl groups excluding tert-OH is 1. The van der Waals surface area contributed by atoms with Crippen LogP contribution in [0, 0.1) is 0 Å². The highest BCUT2D eigenvalue weighted by Crippen LogP contribution is 2.30. The second-order valence-electron chi connectivity index (χ2n) is 7.84. The van der Waals surface area contributed by atoms with Crippen molar-refractivity contribution in [2.24, 2.45) is 0 Å². The summed E-state index contributed by atoms with van der Waals surface area (Å²) < 4.78 is 5.88. The number of benzene rings is 3. The maximum atomic E-state index is 10.7. The van der Waals surface area contributed by atoms with Gasteiger partial charge in [0, 0.05) is 19.0 Å². The fraction of sp³-hybridized carbons (Fsp3) is 0.308. The minimum atomic E-state index is -0.324. The molecule has 1 fully saturated rings. The number of likely N-dealkylation sites (tertiary alicyclic amines) is 1. The molecule has 150 valence electrons. The van der Waals surface area contributed by atoms with Crippen molar-refractivity contribution in [3.05, 3.63) is 102 Å². The number of piperidine rings is 1. The van der Waals surface area contributed by atoms with Crippen LogP contribution in [0.1, 0.15) is 29.0 Å². The average molecular weight is 388 g/mol. The summed E-state index contributed by atoms with van der Waals surface area (Å²) in [5.41, 5.74) is 3.72. The Morgan fingerprint density at radius 2 is 1.48 bits per heavy atom. The van der Waals surface area contributed by atoms with Crippen LogP contribution < -0.4 is 4.74 Å². The van der Waals surface area contributed by atoms with E-state index in [-0.39, 0.29) is 12.0 Å². The lowest BCUT2D eigenvalue weighted by Gasteiger charge is -2.36. The lowest BCUT2D eigenvalue weighted by molar-refractivity contribution is 0.0519. The molecular weight excluding hydrogens is 358 g/mol. The van der Waals surface area contributed by atoms with Crippen molar-refractivity contribution in [1.29, 1.82) is 0 Å². The third kappa shape index (κ3) is 5.47. The zero-order valence-corrected chi connectivity index (χ0v) is 16.8. The zero-order valence-electron chi connectivity index (χ0n) is 16.8. The Kier molecular flexibility index (Phi) is 6.60. The van der Waals surface area contributed by atoms with Crippen LogP contribution in [0.2, 0.25) is 0 Å². The minimum absolute atomic E-state index is 0.200. The molecule has 3 aromatic carbocycles. The van der Waals surface area contributed by atoms with E-state index < -0.39 is 0 Å². The highest BCUT2D eigenvalue weighted by Gasteiger charge is 2.28. The van der Waals surface area contributed by atoms with Gasteiger partial charge in [0.2, 0.25) is 0 Å². The molecule has 2 atom stereocenters. The molecule has 3 aromatic rings. The fourth-order valence-corrected chi connectivity index (χ4v) is 4.07. The monoisotopic (exact) mass is 387 g/mol. The number of rotatable bonds is 7. The van der Waals surface area contributed by atoms with Gasteiger partial charge in [0.05, 0.1) is 6.10 Å². The van der Waals surface area contributed by atoms with Gasteiger partial charge in [0.25, 0.3) is 0 Å². The number of β-amino-alcohol motifs (C(OH)–C–C–N with tert-alkyl or cyclic N) is 1. The third-order valence-corrected chi connectivity index (χ3v) is 5.78.